The molecule has 1 amide bonds. The van der Waals surface area contributed by atoms with Crippen LogP contribution < -0.4 is 10.6 Å². The first-order chi connectivity index (χ1) is 10.6. The summed E-state index contributed by atoms with van der Waals surface area (Å²) in [6.45, 7) is 7.31. The van der Waals surface area contributed by atoms with E-state index in [1.54, 1.807) is 18.3 Å². The van der Waals surface area contributed by atoms with Crippen LogP contribution in [0.4, 0.5) is 5.00 Å². The summed E-state index contributed by atoms with van der Waals surface area (Å²) in [6, 6.07) is 2.06. The molecule has 0 aliphatic carbocycles. The Bertz CT molecular complexity index is 740. The van der Waals surface area contributed by atoms with Crippen LogP contribution in [0, 0.1) is 6.92 Å². The van der Waals surface area contributed by atoms with Crippen LogP contribution in [0.2, 0.25) is 0 Å². The maximum atomic E-state index is 11.5. The van der Waals surface area contributed by atoms with Gasteiger partial charge in [0.25, 0.3) is 0 Å². The predicted octanol–water partition coefficient (Wildman–Crippen LogP) is 3.95. The minimum Gasteiger partial charge on any atom is -0.461 e. The maximum Gasteiger partial charge on any atom is 0.221 e. The predicted molar refractivity (Wildman–Crippen MR) is 91.2 cm³/mol. The molecule has 2 N–H and O–H groups in total. The largest absolute Gasteiger partial charge is 0.461 e. The average Bonchev–Trinajstić information content (AvgIpc) is 2.99. The Morgan fingerprint density at radius 2 is 2.32 bits per heavy atom. The Morgan fingerprint density at radius 1 is 1.50 bits per heavy atom. The molecule has 0 fully saturated rings. The molecule has 0 aromatic carbocycles. The second kappa shape index (κ2) is 6.10. The molecule has 0 bridgehead atoms. The van der Waals surface area contributed by atoms with Gasteiger partial charge in [0.1, 0.15) is 16.5 Å². The highest BCUT2D eigenvalue weighted by Gasteiger charge is 2.24. The van der Waals surface area contributed by atoms with Gasteiger partial charge in [0.15, 0.2) is 0 Å². The number of anilines is 1. The highest BCUT2D eigenvalue weighted by molar-refractivity contribution is 7.17. The van der Waals surface area contributed by atoms with Crippen molar-refractivity contribution in [2.24, 2.45) is 0 Å². The van der Waals surface area contributed by atoms with E-state index in [1.165, 1.54) is 10.4 Å². The Morgan fingerprint density at radius 3 is 3.05 bits per heavy atom. The zero-order valence-corrected chi connectivity index (χ0v) is 13.9. The van der Waals surface area contributed by atoms with Gasteiger partial charge < -0.3 is 15.1 Å². The Balaban J connectivity index is 2.13. The molecule has 1 aliphatic heterocycles. The van der Waals surface area contributed by atoms with E-state index >= 15 is 0 Å². The zero-order valence-electron chi connectivity index (χ0n) is 13.1. The minimum atomic E-state index is -0.0511. The second-order valence-corrected chi connectivity index (χ2v) is 6.54. The molecule has 116 valence electrons. The molecule has 2 aromatic heterocycles. The summed E-state index contributed by atoms with van der Waals surface area (Å²) in [5, 5.41) is 7.23. The molecule has 22 heavy (non-hydrogen) atoms. The summed E-state index contributed by atoms with van der Waals surface area (Å²) < 4.78 is 5.98. The summed E-state index contributed by atoms with van der Waals surface area (Å²) in [4.78, 5) is 12.8. The van der Waals surface area contributed by atoms with Crippen molar-refractivity contribution in [1.82, 2.24) is 5.32 Å². The number of nitrogens with one attached hydrogen (secondary N) is 2. The fraction of sp³-hybridized carbons (Fsp3) is 0.353. The van der Waals surface area contributed by atoms with Gasteiger partial charge in [-0.1, -0.05) is 12.2 Å². The molecule has 0 unspecified atom stereocenters. The van der Waals surface area contributed by atoms with Crippen molar-refractivity contribution < 1.29 is 9.21 Å². The van der Waals surface area contributed by atoms with Gasteiger partial charge in [0.05, 0.1) is 5.56 Å². The van der Waals surface area contributed by atoms with Crippen LogP contribution in [0.1, 0.15) is 35.6 Å². The van der Waals surface area contributed by atoms with Crippen LogP contribution in [-0.4, -0.2) is 12.5 Å². The van der Waals surface area contributed by atoms with E-state index in [-0.39, 0.29) is 5.91 Å². The normalized spacial score (nSPS) is 14.3. The first kappa shape index (κ1) is 15.1. The lowest BCUT2D eigenvalue weighted by Gasteiger charge is -2.13. The molecule has 1 aliphatic rings. The van der Waals surface area contributed by atoms with Crippen LogP contribution >= 0.6 is 11.3 Å². The molecule has 3 heterocycles. The second-order valence-electron chi connectivity index (χ2n) is 5.44. The number of hydrogen-bond acceptors (Lipinski definition) is 4. The van der Waals surface area contributed by atoms with Crippen LogP contribution in [0.15, 0.2) is 16.6 Å². The Labute approximate surface area is 134 Å². The van der Waals surface area contributed by atoms with E-state index in [0.29, 0.717) is 0 Å². The molecule has 2 aromatic rings. The summed E-state index contributed by atoms with van der Waals surface area (Å²) in [6.07, 6.45) is 5.00. The van der Waals surface area contributed by atoms with Crippen molar-refractivity contribution in [3.63, 3.8) is 0 Å². The van der Waals surface area contributed by atoms with Crippen LogP contribution in [0.3, 0.4) is 0 Å². The molecule has 0 spiro atoms. The Hall–Kier alpha value is -1.85. The number of thiophene rings is 1. The number of hydrogen-bond donors (Lipinski definition) is 2. The van der Waals surface area contributed by atoms with Gasteiger partial charge in [0, 0.05) is 23.9 Å². The average molecular weight is 316 g/mol. The number of fused-ring (bicyclic) bond motifs is 1. The van der Waals surface area contributed by atoms with Gasteiger partial charge in [0.2, 0.25) is 5.91 Å². The van der Waals surface area contributed by atoms with Gasteiger partial charge >= 0.3 is 0 Å². The first-order valence-electron chi connectivity index (χ1n) is 7.46. The molecular weight excluding hydrogens is 296 g/mol. The van der Waals surface area contributed by atoms with Gasteiger partial charge in [-0.25, -0.2) is 0 Å². The van der Waals surface area contributed by atoms with Crippen molar-refractivity contribution in [1.29, 1.82) is 0 Å². The topological polar surface area (TPSA) is 54.3 Å². The monoisotopic (exact) mass is 316 g/mol. The molecule has 0 saturated heterocycles. The molecule has 3 rings (SSSR count). The van der Waals surface area contributed by atoms with Crippen molar-refractivity contribution in [2.75, 3.05) is 11.9 Å². The third-order valence-corrected chi connectivity index (χ3v) is 4.91. The number of allylic oxidation sites excluding steroid dienone is 1. The van der Waals surface area contributed by atoms with Crippen molar-refractivity contribution >= 4 is 28.3 Å². The van der Waals surface area contributed by atoms with Crippen molar-refractivity contribution in [2.45, 2.75) is 33.7 Å². The number of furan rings is 1. The van der Waals surface area contributed by atoms with E-state index in [9.17, 15) is 4.79 Å². The van der Waals surface area contributed by atoms with Gasteiger partial charge in [-0.15, -0.1) is 11.3 Å². The minimum absolute atomic E-state index is 0.0511. The van der Waals surface area contributed by atoms with Crippen LogP contribution in [0.5, 0.6) is 0 Å². The molecular formula is C17H20N2O2S. The lowest BCUT2D eigenvalue weighted by Crippen LogP contribution is -2.22. The lowest BCUT2D eigenvalue weighted by molar-refractivity contribution is -0.114. The fourth-order valence-electron chi connectivity index (χ4n) is 2.81. The van der Waals surface area contributed by atoms with Crippen LogP contribution in [0.25, 0.3) is 17.4 Å². The van der Waals surface area contributed by atoms with E-state index in [1.807, 2.05) is 26.0 Å². The van der Waals surface area contributed by atoms with Crippen LogP contribution in [-0.2, 0) is 17.8 Å². The summed E-state index contributed by atoms with van der Waals surface area (Å²) in [5.74, 6) is 1.69. The molecule has 5 heteroatoms. The van der Waals surface area contributed by atoms with Gasteiger partial charge in [-0.05, 0) is 38.4 Å². The lowest BCUT2D eigenvalue weighted by atomic mass is 10.0. The van der Waals surface area contributed by atoms with E-state index in [4.69, 9.17) is 4.42 Å². The third-order valence-electron chi connectivity index (χ3n) is 3.77. The van der Waals surface area contributed by atoms with E-state index < -0.39 is 0 Å². The number of carbonyl (C=O) groups is 1. The molecule has 0 atom stereocenters. The van der Waals surface area contributed by atoms with Gasteiger partial charge in [-0.3, -0.25) is 4.79 Å². The quantitative estimate of drug-likeness (QED) is 0.901. The first-order valence-corrected chi connectivity index (χ1v) is 8.28. The van der Waals surface area contributed by atoms with E-state index in [2.05, 4.69) is 16.7 Å². The highest BCUT2D eigenvalue weighted by Crippen LogP contribution is 2.43. The fourth-order valence-corrected chi connectivity index (χ4v) is 4.08. The summed E-state index contributed by atoms with van der Waals surface area (Å²) in [5.41, 5.74) is 3.43. The SMILES string of the molecule is C/C=C\c1cc(-c2c(NC(C)=O)sc3c2CCNC3)oc1C. The number of amides is 1. The molecule has 4 nitrogen and oxygen atoms in total. The number of carbonyl (C=O) groups excluding carboxylic acids is 1. The smallest absolute Gasteiger partial charge is 0.221 e. The van der Waals surface area contributed by atoms with E-state index in [0.717, 1.165) is 47.2 Å². The third kappa shape index (κ3) is 2.74. The molecule has 0 saturated carbocycles. The zero-order chi connectivity index (χ0) is 15.7. The van der Waals surface area contributed by atoms with Crippen molar-refractivity contribution in [3.8, 4) is 11.3 Å². The van der Waals surface area contributed by atoms with Crippen molar-refractivity contribution in [3.05, 3.63) is 33.9 Å². The van der Waals surface area contributed by atoms with Gasteiger partial charge in [-0.2, -0.15) is 0 Å². The number of aryl methyl sites for hydroxylation is 1. The summed E-state index contributed by atoms with van der Waals surface area (Å²) in [7, 11) is 0. The highest BCUT2D eigenvalue weighted by atomic mass is 32.1. The summed E-state index contributed by atoms with van der Waals surface area (Å²) >= 11 is 1.64. The molecule has 0 radical (unpaired) electrons. The Kier molecular flexibility index (Phi) is 4.18. The number of rotatable bonds is 3. The standard InChI is InChI=1S/C17H20N2O2S/c1-4-5-12-8-14(21-10(12)2)16-13-6-7-18-9-15(13)22-17(16)19-11(3)20/h4-5,8,18H,6-7,9H2,1-3H3,(H,19,20)/b5-4-. The maximum absolute atomic E-state index is 11.5.